The van der Waals surface area contributed by atoms with Gasteiger partial charge in [0.25, 0.3) is 10.0 Å². The number of carbonyl (C=O) groups excluding carboxylic acids is 2. The molecule has 0 fully saturated rings. The van der Waals surface area contributed by atoms with Crippen molar-refractivity contribution in [2.24, 2.45) is 0 Å². The predicted molar refractivity (Wildman–Crippen MR) is 152 cm³/mol. The largest absolute Gasteiger partial charge is 0.497 e. The topological polar surface area (TPSA) is 96.0 Å². The van der Waals surface area contributed by atoms with E-state index in [0.29, 0.717) is 18.0 Å². The third kappa shape index (κ3) is 7.14. The zero-order valence-corrected chi connectivity index (χ0v) is 24.3. The van der Waals surface area contributed by atoms with Gasteiger partial charge in [-0.2, -0.15) is 0 Å². The van der Waals surface area contributed by atoms with E-state index in [9.17, 15) is 18.0 Å². The molecule has 1 atom stereocenters. The van der Waals surface area contributed by atoms with Crippen molar-refractivity contribution in [1.82, 2.24) is 10.2 Å². The van der Waals surface area contributed by atoms with Gasteiger partial charge in [-0.05, 0) is 74.9 Å². The summed E-state index contributed by atoms with van der Waals surface area (Å²) in [6.07, 6.45) is 0. The molecule has 8 nitrogen and oxygen atoms in total. The summed E-state index contributed by atoms with van der Waals surface area (Å²) < 4.78 is 34.7. The number of anilines is 1. The van der Waals surface area contributed by atoms with E-state index < -0.39 is 28.5 Å². The van der Waals surface area contributed by atoms with Crippen LogP contribution in [-0.2, 0) is 26.2 Å². The first-order valence-corrected chi connectivity index (χ1v) is 14.3. The smallest absolute Gasteiger partial charge is 0.264 e. The Morgan fingerprint density at radius 3 is 2.26 bits per heavy atom. The van der Waals surface area contributed by atoms with E-state index in [1.165, 1.54) is 24.1 Å². The van der Waals surface area contributed by atoms with Crippen molar-refractivity contribution < 1.29 is 22.7 Å². The molecule has 3 aromatic carbocycles. The first-order chi connectivity index (χ1) is 18.1. The molecule has 0 saturated heterocycles. The van der Waals surface area contributed by atoms with Crippen LogP contribution >= 0.6 is 15.9 Å². The van der Waals surface area contributed by atoms with E-state index in [0.717, 1.165) is 19.9 Å². The maximum absolute atomic E-state index is 13.8. The normalized spacial score (nSPS) is 11.9. The standard InChI is InChI=1S/C28H32BrN3O5S/c1-5-30-28(34)21(3)31(18-22-7-6-8-23(29)17-22)27(33)19-32(24-11-13-25(37-4)14-12-24)38(35,36)26-15-9-20(2)10-16-26/h6-17,21H,5,18-19H2,1-4H3,(H,30,34)/t21-/m0/s1. The number of nitrogens with one attached hydrogen (secondary N) is 1. The van der Waals surface area contributed by atoms with Gasteiger partial charge in [0.1, 0.15) is 18.3 Å². The Balaban J connectivity index is 2.03. The van der Waals surface area contributed by atoms with E-state index in [1.54, 1.807) is 50.2 Å². The van der Waals surface area contributed by atoms with E-state index in [1.807, 2.05) is 31.2 Å². The summed E-state index contributed by atoms with van der Waals surface area (Å²) in [5.41, 5.74) is 2.00. The third-order valence-electron chi connectivity index (χ3n) is 6.01. The Kier molecular flexibility index (Phi) is 9.93. The number of halogens is 1. The predicted octanol–water partition coefficient (Wildman–Crippen LogP) is 4.51. The lowest BCUT2D eigenvalue weighted by Gasteiger charge is -2.32. The lowest BCUT2D eigenvalue weighted by molar-refractivity contribution is -0.139. The van der Waals surface area contributed by atoms with Crippen molar-refractivity contribution in [2.75, 3.05) is 24.5 Å². The second-order valence-corrected chi connectivity index (χ2v) is 11.5. The molecule has 3 aromatic rings. The summed E-state index contributed by atoms with van der Waals surface area (Å²) in [6.45, 7) is 5.32. The fourth-order valence-corrected chi connectivity index (χ4v) is 5.71. The highest BCUT2D eigenvalue weighted by molar-refractivity contribution is 9.10. The van der Waals surface area contributed by atoms with Crippen molar-refractivity contribution in [3.63, 3.8) is 0 Å². The number of nitrogens with zero attached hydrogens (tertiary/aromatic N) is 2. The number of hydrogen-bond acceptors (Lipinski definition) is 5. The minimum atomic E-state index is -4.12. The molecule has 0 aliphatic rings. The van der Waals surface area contributed by atoms with Crippen LogP contribution in [0.1, 0.15) is 25.0 Å². The molecule has 0 saturated carbocycles. The number of rotatable bonds is 11. The van der Waals surface area contributed by atoms with Gasteiger partial charge in [-0.15, -0.1) is 0 Å². The van der Waals surface area contributed by atoms with Gasteiger partial charge in [-0.25, -0.2) is 8.42 Å². The van der Waals surface area contributed by atoms with E-state index in [4.69, 9.17) is 4.74 Å². The van der Waals surface area contributed by atoms with Crippen molar-refractivity contribution in [3.8, 4) is 5.75 Å². The fraction of sp³-hybridized carbons (Fsp3) is 0.286. The van der Waals surface area contributed by atoms with Crippen LogP contribution in [0.4, 0.5) is 5.69 Å². The average molecular weight is 603 g/mol. The number of methoxy groups -OCH3 is 1. The molecule has 0 heterocycles. The second kappa shape index (κ2) is 12.9. The molecule has 0 aliphatic carbocycles. The summed E-state index contributed by atoms with van der Waals surface area (Å²) in [6, 6.07) is 19.5. The summed E-state index contributed by atoms with van der Waals surface area (Å²) >= 11 is 3.44. The number of ether oxygens (including phenoxy) is 1. The molecule has 0 radical (unpaired) electrons. The maximum atomic E-state index is 13.8. The van der Waals surface area contributed by atoms with E-state index in [2.05, 4.69) is 21.2 Å². The minimum absolute atomic E-state index is 0.0574. The molecule has 38 heavy (non-hydrogen) atoms. The van der Waals surface area contributed by atoms with Crippen LogP contribution in [-0.4, -0.2) is 51.4 Å². The lowest BCUT2D eigenvalue weighted by Crippen LogP contribution is -2.51. The Hall–Kier alpha value is -3.37. The fourth-order valence-electron chi connectivity index (χ4n) is 3.85. The number of benzene rings is 3. The summed E-state index contributed by atoms with van der Waals surface area (Å²) in [4.78, 5) is 28.0. The van der Waals surface area contributed by atoms with Crippen molar-refractivity contribution in [1.29, 1.82) is 0 Å². The van der Waals surface area contributed by atoms with Crippen LogP contribution in [0.15, 0.2) is 82.2 Å². The number of sulfonamides is 1. The van der Waals surface area contributed by atoms with Gasteiger partial charge in [0.05, 0.1) is 17.7 Å². The number of hydrogen-bond donors (Lipinski definition) is 1. The monoisotopic (exact) mass is 601 g/mol. The summed E-state index contributed by atoms with van der Waals surface area (Å²) in [7, 11) is -2.60. The number of likely N-dealkylation sites (N-methyl/N-ethyl adjacent to an activating group) is 1. The molecular weight excluding hydrogens is 570 g/mol. The van der Waals surface area contributed by atoms with Crippen LogP contribution in [0, 0.1) is 6.92 Å². The van der Waals surface area contributed by atoms with Gasteiger partial charge in [0.15, 0.2) is 0 Å². The zero-order chi connectivity index (χ0) is 27.9. The third-order valence-corrected chi connectivity index (χ3v) is 8.29. The molecule has 10 heteroatoms. The quantitative estimate of drug-likeness (QED) is 0.349. The highest BCUT2D eigenvalue weighted by Gasteiger charge is 2.32. The Labute approximate surface area is 232 Å². The van der Waals surface area contributed by atoms with Crippen LogP contribution in [0.5, 0.6) is 5.75 Å². The second-order valence-electron chi connectivity index (χ2n) is 8.74. The van der Waals surface area contributed by atoms with Gasteiger partial charge in [0, 0.05) is 17.6 Å². The van der Waals surface area contributed by atoms with Gasteiger partial charge >= 0.3 is 0 Å². The summed E-state index contributed by atoms with van der Waals surface area (Å²) in [5.74, 6) is -0.294. The molecule has 0 unspecified atom stereocenters. The van der Waals surface area contributed by atoms with Gasteiger partial charge in [-0.1, -0.05) is 45.8 Å². The molecule has 0 aliphatic heterocycles. The lowest BCUT2D eigenvalue weighted by atomic mass is 10.1. The average Bonchev–Trinajstić information content (AvgIpc) is 2.90. The summed E-state index contributed by atoms with van der Waals surface area (Å²) in [5, 5.41) is 2.75. The van der Waals surface area contributed by atoms with Gasteiger partial charge in [0.2, 0.25) is 11.8 Å². The van der Waals surface area contributed by atoms with Crippen molar-refractivity contribution >= 4 is 43.5 Å². The number of carbonyl (C=O) groups is 2. The van der Waals surface area contributed by atoms with Gasteiger partial charge < -0.3 is 15.0 Å². The van der Waals surface area contributed by atoms with Gasteiger partial charge in [-0.3, -0.25) is 13.9 Å². The Morgan fingerprint density at radius 2 is 1.68 bits per heavy atom. The highest BCUT2D eigenvalue weighted by atomic mass is 79.9. The van der Waals surface area contributed by atoms with Crippen molar-refractivity contribution in [2.45, 2.75) is 38.3 Å². The van der Waals surface area contributed by atoms with Crippen molar-refractivity contribution in [3.05, 3.63) is 88.4 Å². The molecule has 2 amide bonds. The molecule has 0 bridgehead atoms. The molecule has 0 aromatic heterocycles. The highest BCUT2D eigenvalue weighted by Crippen LogP contribution is 2.27. The number of amides is 2. The molecular formula is C28H32BrN3O5S. The van der Waals surface area contributed by atoms with Crippen LogP contribution in [0.2, 0.25) is 0 Å². The molecule has 0 spiro atoms. The maximum Gasteiger partial charge on any atom is 0.264 e. The molecule has 1 N–H and O–H groups in total. The molecule has 3 rings (SSSR count). The first kappa shape index (κ1) is 29.2. The van der Waals surface area contributed by atoms with E-state index in [-0.39, 0.29) is 17.3 Å². The number of aryl methyl sites for hydroxylation is 1. The first-order valence-electron chi connectivity index (χ1n) is 12.1. The van der Waals surface area contributed by atoms with Crippen LogP contribution < -0.4 is 14.4 Å². The van der Waals surface area contributed by atoms with Crippen LogP contribution in [0.25, 0.3) is 0 Å². The van der Waals surface area contributed by atoms with Crippen LogP contribution in [0.3, 0.4) is 0 Å². The Bertz CT molecular complexity index is 1360. The minimum Gasteiger partial charge on any atom is -0.497 e. The SMILES string of the molecule is CCNC(=O)[C@H](C)N(Cc1cccc(Br)c1)C(=O)CN(c1ccc(OC)cc1)S(=O)(=O)c1ccc(C)cc1. The van der Waals surface area contributed by atoms with E-state index >= 15 is 0 Å². The Morgan fingerprint density at radius 1 is 1.03 bits per heavy atom. The zero-order valence-electron chi connectivity index (χ0n) is 21.8. The molecule has 202 valence electrons.